The van der Waals surface area contributed by atoms with E-state index in [-0.39, 0.29) is 12.1 Å². The maximum atomic E-state index is 7.51. The molecule has 0 saturated carbocycles. The van der Waals surface area contributed by atoms with E-state index in [9.17, 15) is 0 Å². The lowest BCUT2D eigenvalue weighted by Gasteiger charge is -2.18. The second-order valence-electron chi connectivity index (χ2n) is 3.49. The molecule has 16 heavy (non-hydrogen) atoms. The Morgan fingerprint density at radius 3 is 2.44 bits per heavy atom. The van der Waals surface area contributed by atoms with Gasteiger partial charge in [-0.3, -0.25) is 5.41 Å². The number of ether oxygens (including phenoxy) is 2. The molecule has 1 fully saturated rings. The van der Waals surface area contributed by atoms with Crippen molar-refractivity contribution in [3.63, 3.8) is 0 Å². The Hall–Kier alpha value is -1.62. The van der Waals surface area contributed by atoms with Crippen LogP contribution >= 0.6 is 12.2 Å². The minimum absolute atomic E-state index is 0.0540. The van der Waals surface area contributed by atoms with Gasteiger partial charge in [0.15, 0.2) is 4.99 Å². The summed E-state index contributed by atoms with van der Waals surface area (Å²) in [5.41, 5.74) is 0.952. The van der Waals surface area contributed by atoms with E-state index >= 15 is 0 Å². The summed E-state index contributed by atoms with van der Waals surface area (Å²) < 4.78 is 10.5. The zero-order valence-corrected chi connectivity index (χ0v) is 9.88. The van der Waals surface area contributed by atoms with Gasteiger partial charge in [-0.1, -0.05) is 12.2 Å². The molecule has 1 aliphatic rings. The number of hydrogen-bond acceptors (Lipinski definition) is 4. The summed E-state index contributed by atoms with van der Waals surface area (Å²) in [7, 11) is 3.44. The Morgan fingerprint density at radius 1 is 1.38 bits per heavy atom. The number of rotatable bonds is 2. The number of likely N-dealkylation sites (N-methyl/N-ethyl adjacent to an activating group) is 1. The number of nitrogens with one attached hydrogen (secondary N) is 1. The molecule has 1 unspecified atom stereocenters. The quantitative estimate of drug-likeness (QED) is 0.797. The third-order valence-electron chi connectivity index (χ3n) is 2.50. The third kappa shape index (κ3) is 1.74. The molecule has 0 aliphatic carbocycles. The lowest BCUT2D eigenvalue weighted by atomic mass is 10.2. The fourth-order valence-electron chi connectivity index (χ4n) is 1.57. The van der Waals surface area contributed by atoms with Gasteiger partial charge in [0.25, 0.3) is 0 Å². The highest BCUT2D eigenvalue weighted by Gasteiger charge is 2.32. The normalized spacial score (nSPS) is 19.9. The Kier molecular flexibility index (Phi) is 2.78. The van der Waals surface area contributed by atoms with Crippen LogP contribution in [-0.4, -0.2) is 29.9 Å². The van der Waals surface area contributed by atoms with Crippen molar-refractivity contribution < 1.29 is 9.47 Å². The zero-order chi connectivity index (χ0) is 11.7. The van der Waals surface area contributed by atoms with E-state index in [1.165, 1.54) is 0 Å². The molecule has 0 spiro atoms. The zero-order valence-electron chi connectivity index (χ0n) is 9.06. The van der Waals surface area contributed by atoms with Crippen molar-refractivity contribution in [3.05, 3.63) is 29.8 Å². The molecule has 4 nitrogen and oxygen atoms in total. The van der Waals surface area contributed by atoms with Crippen molar-refractivity contribution in [3.8, 4) is 5.75 Å². The van der Waals surface area contributed by atoms with E-state index in [1.54, 1.807) is 12.0 Å². The predicted octanol–water partition coefficient (Wildman–Crippen LogP) is 1.96. The molecule has 0 aromatic heterocycles. The topological polar surface area (TPSA) is 45.6 Å². The number of methoxy groups -OCH3 is 1. The van der Waals surface area contributed by atoms with Gasteiger partial charge in [-0.2, -0.15) is 0 Å². The van der Waals surface area contributed by atoms with Crippen molar-refractivity contribution in [1.82, 2.24) is 4.90 Å². The third-order valence-corrected chi connectivity index (χ3v) is 2.97. The van der Waals surface area contributed by atoms with Crippen molar-refractivity contribution >= 4 is 23.1 Å². The summed E-state index contributed by atoms with van der Waals surface area (Å²) in [6, 6.07) is 7.53. The summed E-state index contributed by atoms with van der Waals surface area (Å²) in [4.78, 5) is 2.19. The number of nitrogens with zero attached hydrogens (tertiary/aromatic N) is 1. The van der Waals surface area contributed by atoms with Crippen molar-refractivity contribution in [2.75, 3.05) is 14.2 Å². The van der Waals surface area contributed by atoms with Gasteiger partial charge in [0.2, 0.25) is 12.1 Å². The second kappa shape index (κ2) is 4.09. The van der Waals surface area contributed by atoms with Crippen LogP contribution < -0.4 is 4.74 Å². The minimum Gasteiger partial charge on any atom is -0.497 e. The van der Waals surface area contributed by atoms with Crippen molar-refractivity contribution in [2.45, 2.75) is 6.23 Å². The molecule has 1 aromatic carbocycles. The molecule has 1 heterocycles. The molecule has 1 N–H and O–H groups in total. The molecule has 1 aliphatic heterocycles. The molecule has 0 bridgehead atoms. The molecule has 1 saturated heterocycles. The van der Waals surface area contributed by atoms with Gasteiger partial charge in [-0.05, 0) is 24.3 Å². The van der Waals surface area contributed by atoms with E-state index in [1.807, 2.05) is 31.3 Å². The van der Waals surface area contributed by atoms with Gasteiger partial charge in [-0.15, -0.1) is 0 Å². The smallest absolute Gasteiger partial charge is 0.244 e. The lowest BCUT2D eigenvalue weighted by molar-refractivity contribution is 0.116. The average Bonchev–Trinajstić information content (AvgIpc) is 2.57. The van der Waals surface area contributed by atoms with Crippen LogP contribution in [0.5, 0.6) is 5.75 Å². The molecular formula is C11H12N2O2S. The van der Waals surface area contributed by atoms with Crippen LogP contribution in [0.3, 0.4) is 0 Å². The molecule has 5 heteroatoms. The highest BCUT2D eigenvalue weighted by Crippen LogP contribution is 2.28. The van der Waals surface area contributed by atoms with Crippen molar-refractivity contribution in [1.29, 1.82) is 5.41 Å². The summed E-state index contributed by atoms with van der Waals surface area (Å²) in [5.74, 6) is 0.848. The number of hydrogen-bond donors (Lipinski definition) is 1. The van der Waals surface area contributed by atoms with E-state index in [0.29, 0.717) is 4.99 Å². The van der Waals surface area contributed by atoms with Crippen LogP contribution in [0, 0.1) is 5.41 Å². The predicted molar refractivity (Wildman–Crippen MR) is 64.9 cm³/mol. The van der Waals surface area contributed by atoms with E-state index in [2.05, 4.69) is 0 Å². The van der Waals surface area contributed by atoms with Crippen LogP contribution in [0.1, 0.15) is 11.8 Å². The van der Waals surface area contributed by atoms with Gasteiger partial charge in [0.05, 0.1) is 7.11 Å². The fraction of sp³-hybridized carbons (Fsp3) is 0.273. The summed E-state index contributed by atoms with van der Waals surface area (Å²) in [6.07, 6.45) is -0.300. The monoisotopic (exact) mass is 236 g/mol. The van der Waals surface area contributed by atoms with Crippen LogP contribution in [0.15, 0.2) is 24.3 Å². The molecule has 1 atom stereocenters. The van der Waals surface area contributed by atoms with Crippen LogP contribution in [0.25, 0.3) is 0 Å². The summed E-state index contributed by atoms with van der Waals surface area (Å²) in [6.45, 7) is 0. The van der Waals surface area contributed by atoms with Crippen LogP contribution in [-0.2, 0) is 4.74 Å². The average molecular weight is 236 g/mol. The van der Waals surface area contributed by atoms with Gasteiger partial charge in [-0.25, -0.2) is 0 Å². The molecule has 0 radical (unpaired) electrons. The molecule has 84 valence electrons. The highest BCUT2D eigenvalue weighted by molar-refractivity contribution is 7.82. The summed E-state index contributed by atoms with van der Waals surface area (Å²) in [5, 5.41) is 7.51. The highest BCUT2D eigenvalue weighted by atomic mass is 32.1. The first-order valence-corrected chi connectivity index (χ1v) is 5.20. The van der Waals surface area contributed by atoms with E-state index < -0.39 is 0 Å². The second-order valence-corrected chi connectivity index (χ2v) is 3.88. The maximum absolute atomic E-state index is 7.51. The molecule has 2 rings (SSSR count). The molecular weight excluding hydrogens is 224 g/mol. The lowest BCUT2D eigenvalue weighted by Crippen LogP contribution is -2.23. The standard InChI is InChI=1S/C11H12N2O2S/c1-13-10(15-9(12)11(13)16)7-3-5-8(14-2)6-4-7/h3-6,10,12H,1-2H3. The fourth-order valence-corrected chi connectivity index (χ4v) is 1.71. The minimum atomic E-state index is -0.300. The van der Waals surface area contributed by atoms with Crippen LogP contribution in [0.4, 0.5) is 0 Å². The Labute approximate surface area is 99.3 Å². The largest absolute Gasteiger partial charge is 0.497 e. The van der Waals surface area contributed by atoms with Gasteiger partial charge < -0.3 is 14.4 Å². The first-order valence-electron chi connectivity index (χ1n) is 4.80. The van der Waals surface area contributed by atoms with E-state index in [4.69, 9.17) is 27.1 Å². The number of thiocarbonyl (C=S) groups is 1. The summed E-state index contributed by atoms with van der Waals surface area (Å²) >= 11 is 5.04. The van der Waals surface area contributed by atoms with Gasteiger partial charge in [0.1, 0.15) is 5.75 Å². The van der Waals surface area contributed by atoms with Gasteiger partial charge >= 0.3 is 0 Å². The van der Waals surface area contributed by atoms with Gasteiger partial charge in [0, 0.05) is 12.6 Å². The SMILES string of the molecule is COc1ccc(C2OC(=N)C(=S)N2C)cc1. The Bertz CT molecular complexity index is 430. The Morgan fingerprint density at radius 2 is 2.00 bits per heavy atom. The first-order chi connectivity index (χ1) is 7.63. The van der Waals surface area contributed by atoms with Crippen molar-refractivity contribution in [2.24, 2.45) is 0 Å². The van der Waals surface area contributed by atoms with Crippen LogP contribution in [0.2, 0.25) is 0 Å². The molecule has 1 aromatic rings. The molecule has 0 amide bonds. The van der Waals surface area contributed by atoms with E-state index in [0.717, 1.165) is 11.3 Å². The Balaban J connectivity index is 2.25. The first kappa shape index (κ1) is 10.9. The maximum Gasteiger partial charge on any atom is 0.244 e. The number of benzene rings is 1.